The maximum absolute atomic E-state index is 13.0. The van der Waals surface area contributed by atoms with Crippen LogP contribution in [0.4, 0.5) is 0 Å². The molecule has 0 heterocycles. The van der Waals surface area contributed by atoms with Crippen molar-refractivity contribution in [3.63, 3.8) is 0 Å². The summed E-state index contributed by atoms with van der Waals surface area (Å²) in [4.78, 5) is 58.8. The molecular weight excluding hydrogens is 1390 g/mol. The number of allylic oxidation sites excluding steroid dienone is 30. The molecule has 5 unspecified atom stereocenters. The van der Waals surface area contributed by atoms with Crippen molar-refractivity contribution in [1.82, 2.24) is 0 Å². The van der Waals surface area contributed by atoms with Crippen LogP contribution in [0.15, 0.2) is 182 Å². The Morgan fingerprint density at radius 3 is 0.785 bits per heavy atom. The predicted molar refractivity (Wildman–Crippen MR) is 445 cm³/mol. The normalized spacial score (nSPS) is 14.9. The molecule has 0 saturated heterocycles. The van der Waals surface area contributed by atoms with E-state index in [0.717, 1.165) is 186 Å². The maximum atomic E-state index is 13.0. The number of unbranched alkanes of at least 4 members (excludes halogenated alkanes) is 23. The van der Waals surface area contributed by atoms with Crippen molar-refractivity contribution in [3.05, 3.63) is 182 Å². The fourth-order valence-corrected chi connectivity index (χ4v) is 12.0. The van der Waals surface area contributed by atoms with Gasteiger partial charge in [-0.2, -0.15) is 0 Å². The van der Waals surface area contributed by atoms with E-state index < -0.39 is 91.5 Å². The van der Waals surface area contributed by atoms with Gasteiger partial charge in [0.15, 0.2) is 6.10 Å². The number of carbonyl (C=O) groups excluding carboxylic acids is 3. The van der Waals surface area contributed by atoms with Crippen molar-refractivity contribution in [2.24, 2.45) is 0 Å². The topological polar surface area (TPSA) is 231 Å². The van der Waals surface area contributed by atoms with Gasteiger partial charge < -0.3 is 34.2 Å². The second kappa shape index (κ2) is 80.2. The Hall–Kier alpha value is -5.35. The van der Waals surface area contributed by atoms with Crippen molar-refractivity contribution < 1.29 is 75.8 Å². The number of aliphatic hydroxyl groups is 2. The molecule has 0 amide bonds. The van der Waals surface area contributed by atoms with Crippen molar-refractivity contribution in [1.29, 1.82) is 0 Å². The van der Waals surface area contributed by atoms with Crippen LogP contribution in [0, 0.1) is 0 Å². The zero-order valence-corrected chi connectivity index (χ0v) is 68.3. The SMILES string of the molecule is CC/C=C\C/C=C\C/C=C\C/C=C\C/C=C\C/C=C\CCCCCCC(=O)OCC(COP(=O)(O)OCC(O)COP(=O)(O)OCC(O)COC(=O)CCCCCCCCCCCCC/C=C\C/C=C\C/C=C\C/C=C\C/C=C\CC)OC(=O)CCCCCCC/C=C\C/C=C\C/C=C\C/C=C\CCCCC. The Balaban J connectivity index is 4.71. The molecule has 107 heavy (non-hydrogen) atoms. The predicted octanol–water partition coefficient (Wildman–Crippen LogP) is 24.5. The lowest BCUT2D eigenvalue weighted by atomic mass is 10.0. The molecule has 0 saturated carbocycles. The van der Waals surface area contributed by atoms with Crippen LogP contribution in [0.3, 0.4) is 0 Å². The zero-order valence-electron chi connectivity index (χ0n) is 66.5. The summed E-state index contributed by atoms with van der Waals surface area (Å²) in [5, 5.41) is 20.7. The smallest absolute Gasteiger partial charge is 0.463 e. The molecule has 0 rings (SSSR count). The monoisotopic (exact) mass is 1530 g/mol. The van der Waals surface area contributed by atoms with Crippen LogP contribution in [-0.4, -0.2) is 95.9 Å². The zero-order chi connectivity index (χ0) is 78.0. The lowest BCUT2D eigenvalue weighted by molar-refractivity contribution is -0.161. The molecule has 0 aromatic rings. The van der Waals surface area contributed by atoms with Crippen LogP contribution >= 0.6 is 15.6 Å². The van der Waals surface area contributed by atoms with Gasteiger partial charge in [0.05, 0.1) is 26.4 Å². The minimum atomic E-state index is -4.96. The van der Waals surface area contributed by atoms with Crippen LogP contribution in [0.1, 0.15) is 303 Å². The van der Waals surface area contributed by atoms with E-state index in [1.165, 1.54) is 57.8 Å². The number of rotatable bonds is 76. The Bertz CT molecular complexity index is 2670. The summed E-state index contributed by atoms with van der Waals surface area (Å²) in [6.45, 7) is 2.37. The average Bonchev–Trinajstić information content (AvgIpc) is 0.906. The molecule has 4 N–H and O–H groups in total. The van der Waals surface area contributed by atoms with E-state index in [1.807, 2.05) is 0 Å². The highest BCUT2D eigenvalue weighted by Gasteiger charge is 2.29. The first-order valence-corrected chi connectivity index (χ1v) is 44.1. The lowest BCUT2D eigenvalue weighted by Crippen LogP contribution is -2.30. The number of phosphoric ester groups is 2. The van der Waals surface area contributed by atoms with E-state index in [2.05, 4.69) is 203 Å². The fraction of sp³-hybridized carbons (Fsp3) is 0.629. The molecule has 0 fully saturated rings. The first-order chi connectivity index (χ1) is 52.2. The van der Waals surface area contributed by atoms with Crippen molar-refractivity contribution in [2.45, 2.75) is 322 Å². The van der Waals surface area contributed by atoms with Gasteiger partial charge in [-0.15, -0.1) is 0 Å². The van der Waals surface area contributed by atoms with Gasteiger partial charge in [0.1, 0.15) is 25.4 Å². The standard InChI is InChI=1S/C89H146O16P2/c1-4-7-10-13-16-19-22-25-28-31-34-37-39-40-41-42-44-47-48-51-54-57-60-63-66-69-72-75-87(92)99-78-84(90)79-101-106(95,96)102-80-85(91)81-103-107(97,98)104-83-86(105-89(94)77-74-71-68-65-62-59-56-53-50-45-36-33-30-27-24-21-18-15-12-9-6-3)82-100-88(93)76-73-70-67-64-61-58-55-52-49-46-43-38-35-32-29-26-23-20-17-14-11-8-5-2/h7-8,10-11,16-21,25-30,34-38,40-41,45-46,49,53,55-56,58,84-86,90-91H,4-6,9,12-15,22-24,31-33,39,42-44,47-48,50-52,54,57,59-83H2,1-3H3,(H,95,96)(H,97,98)/b10-7-,11-8-,19-16-,20-17-,21-18-,28-25-,29-26-,30-27-,37-34-,38-35-,41-40-,45-36-,49-46-,56-53-,58-55-. The van der Waals surface area contributed by atoms with Crippen LogP contribution in [0.2, 0.25) is 0 Å². The molecule has 0 aromatic carbocycles. The van der Waals surface area contributed by atoms with E-state index >= 15 is 0 Å². The molecular formula is C89H146O16P2. The fourth-order valence-electron chi connectivity index (χ4n) is 10.4. The number of aliphatic hydroxyl groups excluding tert-OH is 2. The van der Waals surface area contributed by atoms with Crippen molar-refractivity contribution in [3.8, 4) is 0 Å². The van der Waals surface area contributed by atoms with Crippen molar-refractivity contribution >= 4 is 33.6 Å². The van der Waals surface area contributed by atoms with Gasteiger partial charge >= 0.3 is 33.6 Å². The number of carbonyl (C=O) groups is 3. The first-order valence-electron chi connectivity index (χ1n) is 41.1. The van der Waals surface area contributed by atoms with E-state index in [0.29, 0.717) is 19.3 Å². The van der Waals surface area contributed by atoms with Gasteiger partial charge in [0.25, 0.3) is 0 Å². The highest BCUT2D eigenvalue weighted by atomic mass is 31.2. The summed E-state index contributed by atoms with van der Waals surface area (Å²) in [7, 11) is -9.83. The van der Waals surface area contributed by atoms with Gasteiger partial charge in [0.2, 0.25) is 0 Å². The number of esters is 3. The Morgan fingerprint density at radius 2 is 0.495 bits per heavy atom. The molecule has 0 radical (unpaired) electrons. The summed E-state index contributed by atoms with van der Waals surface area (Å²) in [6.07, 6.45) is 103. The van der Waals surface area contributed by atoms with Gasteiger partial charge in [-0.1, -0.05) is 306 Å². The summed E-state index contributed by atoms with van der Waals surface area (Å²) in [5.74, 6) is -1.64. The van der Waals surface area contributed by atoms with Gasteiger partial charge in [-0.05, 0) is 161 Å². The van der Waals surface area contributed by atoms with Crippen molar-refractivity contribution in [2.75, 3.05) is 39.6 Å². The van der Waals surface area contributed by atoms with E-state index in [-0.39, 0.29) is 19.3 Å². The number of hydrogen-bond acceptors (Lipinski definition) is 14. The largest absolute Gasteiger partial charge is 0.472 e. The minimum Gasteiger partial charge on any atom is -0.463 e. The van der Waals surface area contributed by atoms with Gasteiger partial charge in [0, 0.05) is 19.3 Å². The Labute approximate surface area is 649 Å². The third kappa shape index (κ3) is 81.5. The lowest BCUT2D eigenvalue weighted by Gasteiger charge is -2.21. The van der Waals surface area contributed by atoms with Crippen LogP contribution in [0.5, 0.6) is 0 Å². The molecule has 16 nitrogen and oxygen atoms in total. The average molecular weight is 1530 g/mol. The van der Waals surface area contributed by atoms with E-state index in [4.69, 9.17) is 32.3 Å². The maximum Gasteiger partial charge on any atom is 0.472 e. The second-order valence-electron chi connectivity index (χ2n) is 26.8. The molecule has 0 aliphatic carbocycles. The van der Waals surface area contributed by atoms with Crippen LogP contribution in [0.25, 0.3) is 0 Å². The number of phosphoric acid groups is 2. The van der Waals surface area contributed by atoms with E-state index in [9.17, 15) is 43.5 Å². The van der Waals surface area contributed by atoms with Crippen LogP contribution < -0.4 is 0 Å². The quantitative estimate of drug-likeness (QED) is 0.0146. The highest BCUT2D eigenvalue weighted by Crippen LogP contribution is 2.45. The molecule has 0 aliphatic rings. The minimum absolute atomic E-state index is 0.0704. The first kappa shape index (κ1) is 102. The summed E-state index contributed by atoms with van der Waals surface area (Å²) in [5.41, 5.74) is 0. The number of ether oxygens (including phenoxy) is 3. The molecule has 0 bridgehead atoms. The summed E-state index contributed by atoms with van der Waals surface area (Å²) < 4.78 is 61.2. The summed E-state index contributed by atoms with van der Waals surface area (Å²) >= 11 is 0. The molecule has 0 aliphatic heterocycles. The van der Waals surface area contributed by atoms with E-state index in [1.54, 1.807) is 0 Å². The molecule has 608 valence electrons. The number of hydrogen-bond donors (Lipinski definition) is 4. The third-order valence-corrected chi connectivity index (χ3v) is 18.5. The Kier molecular flexibility index (Phi) is 76.2. The second-order valence-corrected chi connectivity index (χ2v) is 29.7. The highest BCUT2D eigenvalue weighted by molar-refractivity contribution is 7.47. The van der Waals surface area contributed by atoms with Gasteiger partial charge in [-0.3, -0.25) is 32.5 Å². The molecule has 5 atom stereocenters. The molecule has 18 heteroatoms. The summed E-state index contributed by atoms with van der Waals surface area (Å²) in [6, 6.07) is 0. The Morgan fingerprint density at radius 1 is 0.271 bits per heavy atom. The van der Waals surface area contributed by atoms with Crippen LogP contribution in [-0.2, 0) is 55.8 Å². The third-order valence-electron chi connectivity index (χ3n) is 16.6. The van der Waals surface area contributed by atoms with Gasteiger partial charge in [-0.25, -0.2) is 9.13 Å². The molecule has 0 spiro atoms. The molecule has 0 aromatic heterocycles.